The van der Waals surface area contributed by atoms with E-state index in [2.05, 4.69) is 52.0 Å². The van der Waals surface area contributed by atoms with Crippen molar-refractivity contribution in [2.45, 2.75) is 75.4 Å². The van der Waals surface area contributed by atoms with E-state index in [0.717, 1.165) is 46.9 Å². The van der Waals surface area contributed by atoms with Crippen molar-refractivity contribution in [3.8, 4) is 11.5 Å². The Kier molecular flexibility index (Phi) is 8.75. The highest BCUT2D eigenvalue weighted by atomic mass is 31.1. The monoisotopic (exact) mass is 516 g/mol. The molecule has 0 amide bonds. The fourth-order valence-corrected chi connectivity index (χ4v) is 7.43. The Hall–Kier alpha value is -0.970. The lowest BCUT2D eigenvalue weighted by Crippen LogP contribution is -2.27. The summed E-state index contributed by atoms with van der Waals surface area (Å²) in [7, 11) is 8.17. The van der Waals surface area contributed by atoms with Crippen LogP contribution in [-0.4, -0.2) is 16.3 Å². The van der Waals surface area contributed by atoms with Crippen molar-refractivity contribution in [1.82, 2.24) is 0 Å². The largest absolute Gasteiger partial charge is 0.507 e. The first-order chi connectivity index (χ1) is 16.3. The number of hydrogen-bond donors (Lipinski definition) is 2. The van der Waals surface area contributed by atoms with E-state index in [-0.39, 0.29) is 11.9 Å². The number of phenolic OH excluding ortho intramolecular Hbond substituents is 1. The molecular weight excluding hydrogens is 477 g/mol. The molecule has 0 spiro atoms. The van der Waals surface area contributed by atoms with Crippen molar-refractivity contribution in [2.24, 2.45) is 11.8 Å². The summed E-state index contributed by atoms with van der Waals surface area (Å²) in [6.45, 7) is 1.94. The summed E-state index contributed by atoms with van der Waals surface area (Å²) < 4.78 is 6.33. The van der Waals surface area contributed by atoms with Gasteiger partial charge in [-0.1, -0.05) is 54.9 Å². The van der Waals surface area contributed by atoms with Crippen LogP contribution in [0.1, 0.15) is 80.9 Å². The third-order valence-corrected chi connectivity index (χ3v) is 9.28. The Bertz CT molecular complexity index is 987. The van der Waals surface area contributed by atoms with Crippen LogP contribution in [0.3, 0.4) is 0 Å². The van der Waals surface area contributed by atoms with Gasteiger partial charge < -0.3 is 14.9 Å². The SMILES string of the molecule is C/C=C/c1ccc(C(P)(P)Oc2ccc(C3CCC(C4CCC(O)CC4)CC3)cc2)c(P)c1O. The van der Waals surface area contributed by atoms with Gasteiger partial charge in [-0.25, -0.2) is 0 Å². The van der Waals surface area contributed by atoms with Gasteiger partial charge in [0, 0.05) is 16.4 Å². The van der Waals surface area contributed by atoms with Gasteiger partial charge in [-0.3, -0.25) is 0 Å². The van der Waals surface area contributed by atoms with Crippen molar-refractivity contribution < 1.29 is 14.9 Å². The number of hydrogen-bond acceptors (Lipinski definition) is 3. The molecule has 2 aromatic carbocycles. The maximum absolute atomic E-state index is 10.6. The lowest BCUT2D eigenvalue weighted by Gasteiger charge is -2.37. The Morgan fingerprint density at radius 1 is 0.882 bits per heavy atom. The van der Waals surface area contributed by atoms with Crippen LogP contribution in [-0.2, 0) is 5.08 Å². The van der Waals surface area contributed by atoms with Crippen LogP contribution in [0.4, 0.5) is 0 Å². The molecule has 2 aromatic rings. The van der Waals surface area contributed by atoms with Crippen LogP contribution in [0.25, 0.3) is 6.08 Å². The minimum absolute atomic E-state index is 0.0546. The summed E-state index contributed by atoms with van der Waals surface area (Å²) in [6.07, 6.45) is 13.3. The topological polar surface area (TPSA) is 49.7 Å². The molecule has 34 heavy (non-hydrogen) atoms. The average molecular weight is 517 g/mol. The second-order valence-electron chi connectivity index (χ2n) is 10.1. The first-order valence-electron chi connectivity index (χ1n) is 12.6. The van der Waals surface area contributed by atoms with Gasteiger partial charge in [0.15, 0.2) is 5.08 Å². The van der Waals surface area contributed by atoms with Crippen LogP contribution in [0.2, 0.25) is 0 Å². The zero-order chi connectivity index (χ0) is 24.3. The fourth-order valence-electron chi connectivity index (χ4n) is 5.83. The van der Waals surface area contributed by atoms with Crippen LogP contribution in [0.5, 0.6) is 11.5 Å². The molecule has 2 fully saturated rings. The predicted molar refractivity (Wildman–Crippen MR) is 153 cm³/mol. The lowest BCUT2D eigenvalue weighted by molar-refractivity contribution is 0.0805. The fraction of sp³-hybridized carbons (Fsp3) is 0.500. The molecule has 0 heterocycles. The summed E-state index contributed by atoms with van der Waals surface area (Å²) in [5, 5.41) is 20.4. The minimum Gasteiger partial charge on any atom is -0.507 e. The van der Waals surface area contributed by atoms with E-state index in [1.165, 1.54) is 44.1 Å². The number of allylic oxidation sites excluding steroid dienone is 1. The molecule has 3 unspecified atom stereocenters. The molecule has 2 aliphatic rings. The van der Waals surface area contributed by atoms with Crippen molar-refractivity contribution >= 4 is 39.1 Å². The Morgan fingerprint density at radius 3 is 2.06 bits per heavy atom. The third kappa shape index (κ3) is 6.05. The summed E-state index contributed by atoms with van der Waals surface area (Å²) in [4.78, 5) is 0. The smallest absolute Gasteiger partial charge is 0.159 e. The highest BCUT2D eigenvalue weighted by Gasteiger charge is 2.31. The standard InChI is InChI=1S/C28H39O3P3/c1-2-3-22-12-17-25(27(32)26(22)30)28(33,34)31-24-15-10-21(11-16-24)19-6-4-18(5-7-19)20-8-13-23(29)14-9-20/h2-3,10-12,15-20,23,29-30H,4-9,13-14,32-34H2,1H3/b3-2+. The van der Waals surface area contributed by atoms with Crippen LogP contribution < -0.4 is 10.0 Å². The van der Waals surface area contributed by atoms with Gasteiger partial charge in [0.05, 0.1) is 6.10 Å². The number of phenols is 1. The van der Waals surface area contributed by atoms with E-state index in [1.807, 2.05) is 31.2 Å². The molecule has 0 aliphatic heterocycles. The molecule has 0 radical (unpaired) electrons. The van der Waals surface area contributed by atoms with Gasteiger partial charge in [0.2, 0.25) is 0 Å². The van der Waals surface area contributed by atoms with Crippen molar-refractivity contribution in [2.75, 3.05) is 0 Å². The number of aliphatic hydroxyl groups is 1. The van der Waals surface area contributed by atoms with Crippen LogP contribution >= 0.6 is 27.7 Å². The zero-order valence-corrected chi connectivity index (χ0v) is 23.6. The quantitative estimate of drug-likeness (QED) is 0.421. The first-order valence-corrected chi connectivity index (χ1v) is 14.3. The first kappa shape index (κ1) is 26.1. The summed E-state index contributed by atoms with van der Waals surface area (Å²) >= 11 is 0. The molecule has 2 saturated carbocycles. The van der Waals surface area contributed by atoms with E-state index in [9.17, 15) is 10.2 Å². The number of aromatic hydroxyl groups is 1. The maximum atomic E-state index is 10.6. The van der Waals surface area contributed by atoms with E-state index in [1.54, 1.807) is 0 Å². The number of benzene rings is 2. The molecule has 0 bridgehead atoms. The molecule has 4 rings (SSSR count). The van der Waals surface area contributed by atoms with E-state index < -0.39 is 5.08 Å². The third-order valence-electron chi connectivity index (χ3n) is 7.83. The van der Waals surface area contributed by atoms with Gasteiger partial charge in [-0.15, -0.1) is 9.24 Å². The van der Waals surface area contributed by atoms with Gasteiger partial charge in [-0.05, 0) is 93.7 Å². The molecular formula is C28H39O3P3. The number of rotatable bonds is 6. The van der Waals surface area contributed by atoms with Crippen LogP contribution in [0, 0.1) is 11.8 Å². The van der Waals surface area contributed by atoms with E-state index >= 15 is 0 Å². The number of ether oxygens (including phenoxy) is 1. The molecule has 2 N–H and O–H groups in total. The normalized spacial score (nSPS) is 26.0. The second-order valence-corrected chi connectivity index (χ2v) is 13.1. The lowest BCUT2D eigenvalue weighted by atomic mass is 9.69. The molecule has 184 valence electrons. The Balaban J connectivity index is 1.37. The van der Waals surface area contributed by atoms with Crippen molar-refractivity contribution in [3.05, 3.63) is 59.2 Å². The summed E-state index contributed by atoms with van der Waals surface area (Å²) in [6, 6.07) is 12.5. The minimum atomic E-state index is -0.740. The second kappa shape index (κ2) is 11.4. The molecule has 3 nitrogen and oxygen atoms in total. The molecule has 3 atom stereocenters. The van der Waals surface area contributed by atoms with Crippen LogP contribution in [0.15, 0.2) is 42.5 Å². The van der Waals surface area contributed by atoms with E-state index in [4.69, 9.17) is 4.74 Å². The molecule has 2 aliphatic carbocycles. The zero-order valence-electron chi connectivity index (χ0n) is 20.1. The molecule has 6 heteroatoms. The van der Waals surface area contributed by atoms with Gasteiger partial charge in [0.1, 0.15) is 11.5 Å². The van der Waals surface area contributed by atoms with Crippen molar-refractivity contribution in [1.29, 1.82) is 0 Å². The van der Waals surface area contributed by atoms with Gasteiger partial charge >= 0.3 is 0 Å². The predicted octanol–water partition coefficient (Wildman–Crippen LogP) is 6.69. The molecule has 0 aromatic heterocycles. The maximum Gasteiger partial charge on any atom is 0.159 e. The Labute approximate surface area is 211 Å². The number of aliphatic hydroxyl groups excluding tert-OH is 1. The summed E-state index contributed by atoms with van der Waals surface area (Å²) in [5.74, 6) is 3.37. The van der Waals surface area contributed by atoms with Crippen molar-refractivity contribution in [3.63, 3.8) is 0 Å². The summed E-state index contributed by atoms with van der Waals surface area (Å²) in [5.41, 5.74) is 3.08. The van der Waals surface area contributed by atoms with Gasteiger partial charge in [-0.2, -0.15) is 0 Å². The highest BCUT2D eigenvalue weighted by molar-refractivity contribution is 7.39. The van der Waals surface area contributed by atoms with E-state index in [0.29, 0.717) is 5.92 Å². The highest BCUT2D eigenvalue weighted by Crippen LogP contribution is 2.45. The van der Waals surface area contributed by atoms with Gasteiger partial charge in [0.25, 0.3) is 0 Å². The molecule has 0 saturated heterocycles. The Morgan fingerprint density at radius 2 is 1.47 bits per heavy atom. The average Bonchev–Trinajstić information content (AvgIpc) is 2.83.